The number of rotatable bonds is 5. The number of dihydropyridines is 1. The summed E-state index contributed by atoms with van der Waals surface area (Å²) < 4.78 is 10.9. The quantitative estimate of drug-likeness (QED) is 0.521. The summed E-state index contributed by atoms with van der Waals surface area (Å²) in [5.41, 5.74) is 4.21. The van der Waals surface area contributed by atoms with Gasteiger partial charge in [0.15, 0.2) is 5.78 Å². The molecule has 1 aromatic carbocycles. The molecule has 0 spiro atoms. The molecule has 3 aliphatic rings. The second kappa shape index (κ2) is 9.65. The first kappa shape index (κ1) is 24.0. The average Bonchev–Trinajstić information content (AvgIpc) is 3.30. The minimum absolute atomic E-state index is 0.0927. The van der Waals surface area contributed by atoms with Gasteiger partial charge in [-0.1, -0.05) is 19.1 Å². The van der Waals surface area contributed by atoms with Crippen molar-refractivity contribution in [2.45, 2.75) is 58.0 Å². The minimum atomic E-state index is -0.889. The second-order valence-electron chi connectivity index (χ2n) is 9.83. The Hall–Kier alpha value is -3.09. The van der Waals surface area contributed by atoms with Gasteiger partial charge in [0.25, 0.3) is 0 Å². The van der Waals surface area contributed by atoms with Crippen molar-refractivity contribution in [2.75, 3.05) is 26.1 Å². The molecular formula is C27H34N2O5. The van der Waals surface area contributed by atoms with Crippen molar-refractivity contribution < 1.29 is 23.9 Å². The zero-order chi connectivity index (χ0) is 24.6. The molecule has 0 saturated heterocycles. The van der Waals surface area contributed by atoms with Gasteiger partial charge in [-0.3, -0.25) is 9.59 Å². The number of allylic oxidation sites excluding steroid dienone is 3. The van der Waals surface area contributed by atoms with Crippen LogP contribution in [-0.2, 0) is 23.9 Å². The minimum Gasteiger partial charge on any atom is -0.468 e. The Kier molecular flexibility index (Phi) is 6.82. The molecule has 0 radical (unpaired) electrons. The van der Waals surface area contributed by atoms with Crippen molar-refractivity contribution in [1.29, 1.82) is 0 Å². The molecule has 7 nitrogen and oxygen atoms in total. The van der Waals surface area contributed by atoms with Crippen LogP contribution in [0.1, 0.15) is 57.4 Å². The molecule has 1 saturated carbocycles. The van der Waals surface area contributed by atoms with Gasteiger partial charge in [-0.15, -0.1) is 0 Å². The summed E-state index contributed by atoms with van der Waals surface area (Å²) in [4.78, 5) is 41.8. The van der Waals surface area contributed by atoms with Crippen molar-refractivity contribution in [3.63, 3.8) is 0 Å². The molecule has 1 heterocycles. The maximum absolute atomic E-state index is 13.8. The summed E-state index contributed by atoms with van der Waals surface area (Å²) in [6.45, 7) is 3.74. The van der Waals surface area contributed by atoms with Crippen molar-refractivity contribution in [1.82, 2.24) is 5.32 Å². The Morgan fingerprint density at radius 2 is 1.74 bits per heavy atom. The first-order valence-corrected chi connectivity index (χ1v) is 12.0. The van der Waals surface area contributed by atoms with Gasteiger partial charge in [-0.25, -0.2) is 4.79 Å². The number of carbonyl (C=O) groups is 3. The molecule has 1 aliphatic heterocycles. The highest BCUT2D eigenvalue weighted by Crippen LogP contribution is 2.46. The van der Waals surface area contributed by atoms with Gasteiger partial charge in [-0.2, -0.15) is 0 Å². The SMILES string of the molecule is COC(=O)[C@H]1C(=O)C2=C(C[C@H]1C)NC(C)=C(C(=O)OC1CCCC1)[C@H]2c1ccc(N(C)C)cc1. The Balaban J connectivity index is 1.80. The number of nitrogens with one attached hydrogen (secondary N) is 1. The van der Waals surface area contributed by atoms with E-state index < -0.39 is 23.8 Å². The predicted octanol–water partition coefficient (Wildman–Crippen LogP) is 3.85. The fourth-order valence-electron chi connectivity index (χ4n) is 5.47. The number of carbonyl (C=O) groups excluding carboxylic acids is 3. The third kappa shape index (κ3) is 4.36. The van der Waals surface area contributed by atoms with E-state index in [1.807, 2.05) is 57.1 Å². The van der Waals surface area contributed by atoms with Crippen LogP contribution in [0.4, 0.5) is 5.69 Å². The van der Waals surface area contributed by atoms with Crippen LogP contribution in [0.2, 0.25) is 0 Å². The number of ether oxygens (including phenoxy) is 2. The number of nitrogens with zero attached hydrogens (tertiary/aromatic N) is 1. The lowest BCUT2D eigenvalue weighted by Crippen LogP contribution is -2.43. The highest BCUT2D eigenvalue weighted by atomic mass is 16.5. The van der Waals surface area contributed by atoms with Crippen LogP contribution in [0, 0.1) is 11.8 Å². The molecule has 0 amide bonds. The molecule has 1 aromatic rings. The number of ketones is 1. The summed E-state index contributed by atoms with van der Waals surface area (Å²) in [6.07, 6.45) is 4.26. The normalized spacial score (nSPS) is 25.1. The molecule has 182 valence electrons. The molecular weight excluding hydrogens is 432 g/mol. The zero-order valence-corrected chi connectivity index (χ0v) is 20.6. The summed E-state index contributed by atoms with van der Waals surface area (Å²) in [5, 5.41) is 3.32. The summed E-state index contributed by atoms with van der Waals surface area (Å²) in [7, 11) is 5.22. The number of Topliss-reactive ketones (excluding diaryl/α,β-unsaturated/α-hetero) is 1. The maximum atomic E-state index is 13.8. The third-order valence-electron chi connectivity index (χ3n) is 7.28. The Labute approximate surface area is 201 Å². The summed E-state index contributed by atoms with van der Waals surface area (Å²) in [6, 6.07) is 7.84. The molecule has 34 heavy (non-hydrogen) atoms. The summed E-state index contributed by atoms with van der Waals surface area (Å²) >= 11 is 0. The molecule has 0 bridgehead atoms. The number of esters is 2. The smallest absolute Gasteiger partial charge is 0.337 e. The molecule has 0 aromatic heterocycles. The molecule has 1 N–H and O–H groups in total. The van der Waals surface area contributed by atoms with Crippen LogP contribution >= 0.6 is 0 Å². The predicted molar refractivity (Wildman–Crippen MR) is 129 cm³/mol. The van der Waals surface area contributed by atoms with Crippen LogP contribution in [0.5, 0.6) is 0 Å². The van der Waals surface area contributed by atoms with Crippen molar-refractivity contribution in [3.8, 4) is 0 Å². The monoisotopic (exact) mass is 466 g/mol. The number of anilines is 1. The molecule has 4 rings (SSSR count). The average molecular weight is 467 g/mol. The molecule has 0 unspecified atom stereocenters. The number of hydrogen-bond acceptors (Lipinski definition) is 7. The van der Waals surface area contributed by atoms with Gasteiger partial charge < -0.3 is 19.7 Å². The van der Waals surface area contributed by atoms with E-state index in [0.29, 0.717) is 23.3 Å². The second-order valence-corrected chi connectivity index (χ2v) is 9.83. The van der Waals surface area contributed by atoms with Crippen LogP contribution in [-0.4, -0.2) is 45.0 Å². The van der Waals surface area contributed by atoms with E-state index in [1.54, 1.807) is 0 Å². The van der Waals surface area contributed by atoms with E-state index >= 15 is 0 Å². The first-order valence-electron chi connectivity index (χ1n) is 12.0. The van der Waals surface area contributed by atoms with Crippen molar-refractivity contribution in [3.05, 3.63) is 52.4 Å². The summed E-state index contributed by atoms with van der Waals surface area (Å²) in [5.74, 6) is -2.91. The maximum Gasteiger partial charge on any atom is 0.337 e. The van der Waals surface area contributed by atoms with Crippen molar-refractivity contribution >= 4 is 23.4 Å². The third-order valence-corrected chi connectivity index (χ3v) is 7.28. The van der Waals surface area contributed by atoms with E-state index in [0.717, 1.165) is 42.6 Å². The van der Waals surface area contributed by atoms with Crippen molar-refractivity contribution in [2.24, 2.45) is 11.8 Å². The van der Waals surface area contributed by atoms with Gasteiger partial charge in [0.05, 0.1) is 12.7 Å². The number of benzene rings is 1. The Morgan fingerprint density at radius 3 is 2.32 bits per heavy atom. The van der Waals surface area contributed by atoms with Gasteiger partial charge in [-0.05, 0) is 62.6 Å². The highest BCUT2D eigenvalue weighted by molar-refractivity contribution is 6.12. The lowest BCUT2D eigenvalue weighted by Gasteiger charge is -2.38. The standard InChI is InChI=1S/C27H34N2O5/c1-15-14-20-24(25(30)21(15)26(31)33-5)23(17-10-12-18(13-11-17)29(3)4)22(16(2)28-20)27(32)34-19-8-6-7-9-19/h10-13,15,19,21,23,28H,6-9,14H2,1-5H3/t15-,21-,23-/m1/s1. The lowest BCUT2D eigenvalue weighted by molar-refractivity contribution is -0.151. The molecule has 3 atom stereocenters. The van der Waals surface area contributed by atoms with E-state index in [-0.39, 0.29) is 17.8 Å². The van der Waals surface area contributed by atoms with E-state index in [9.17, 15) is 14.4 Å². The van der Waals surface area contributed by atoms with E-state index in [4.69, 9.17) is 9.47 Å². The Morgan fingerprint density at radius 1 is 1.09 bits per heavy atom. The van der Waals surface area contributed by atoms with Crippen LogP contribution in [0.25, 0.3) is 0 Å². The Bertz CT molecular complexity index is 1050. The topological polar surface area (TPSA) is 84.9 Å². The lowest BCUT2D eigenvalue weighted by atomic mass is 9.69. The van der Waals surface area contributed by atoms with Gasteiger partial charge in [0.1, 0.15) is 12.0 Å². The number of methoxy groups -OCH3 is 1. The largest absolute Gasteiger partial charge is 0.468 e. The van der Waals surface area contributed by atoms with Gasteiger partial charge >= 0.3 is 11.9 Å². The molecule has 7 heteroatoms. The molecule has 2 aliphatic carbocycles. The zero-order valence-electron chi connectivity index (χ0n) is 20.6. The fraction of sp³-hybridized carbons (Fsp3) is 0.519. The van der Waals surface area contributed by atoms with Gasteiger partial charge in [0.2, 0.25) is 0 Å². The van der Waals surface area contributed by atoms with Gasteiger partial charge in [0, 0.05) is 42.7 Å². The highest BCUT2D eigenvalue weighted by Gasteiger charge is 2.47. The van der Waals surface area contributed by atoms with E-state index in [1.165, 1.54) is 7.11 Å². The first-order chi connectivity index (χ1) is 16.2. The van der Waals surface area contributed by atoms with E-state index in [2.05, 4.69) is 5.32 Å². The number of hydrogen-bond donors (Lipinski definition) is 1. The molecule has 1 fully saturated rings. The van der Waals surface area contributed by atoms with Crippen LogP contribution in [0.15, 0.2) is 46.8 Å². The van der Waals surface area contributed by atoms with Crippen LogP contribution in [0.3, 0.4) is 0 Å². The fourth-order valence-corrected chi connectivity index (χ4v) is 5.47. The van der Waals surface area contributed by atoms with Crippen LogP contribution < -0.4 is 10.2 Å².